The number of benzene rings is 1. The zero-order valence-electron chi connectivity index (χ0n) is 16.1. The molecule has 0 amide bonds. The summed E-state index contributed by atoms with van der Waals surface area (Å²) < 4.78 is 7.77. The SMILES string of the molecule is C[C@@H](Oc1ccc2[nH]nc(/C=C/c3cnn(CCO)c3)c2c1)c1c(Cl)cncc1Cl. The Morgan fingerprint density at radius 3 is 2.77 bits per heavy atom. The second-order valence-electron chi connectivity index (χ2n) is 6.69. The summed E-state index contributed by atoms with van der Waals surface area (Å²) in [5.41, 5.74) is 3.28. The number of halogens is 2. The van der Waals surface area contributed by atoms with Gasteiger partial charge in [0.1, 0.15) is 11.9 Å². The lowest BCUT2D eigenvalue weighted by atomic mass is 10.1. The smallest absolute Gasteiger partial charge is 0.124 e. The van der Waals surface area contributed by atoms with E-state index in [0.29, 0.717) is 27.9 Å². The molecular weight excluding hydrogens is 425 g/mol. The van der Waals surface area contributed by atoms with E-state index in [0.717, 1.165) is 22.2 Å². The summed E-state index contributed by atoms with van der Waals surface area (Å²) in [5, 5.41) is 22.4. The van der Waals surface area contributed by atoms with Crippen LogP contribution in [0.25, 0.3) is 23.1 Å². The van der Waals surface area contributed by atoms with E-state index in [9.17, 15) is 0 Å². The topological polar surface area (TPSA) is 88.8 Å². The van der Waals surface area contributed by atoms with E-state index in [1.165, 1.54) is 0 Å². The number of H-pyrrole nitrogens is 1. The molecule has 4 aromatic rings. The summed E-state index contributed by atoms with van der Waals surface area (Å²) >= 11 is 12.5. The molecule has 9 heteroatoms. The molecule has 0 saturated carbocycles. The maximum atomic E-state index is 9.00. The summed E-state index contributed by atoms with van der Waals surface area (Å²) in [6.07, 6.45) is 10.2. The number of pyridine rings is 1. The van der Waals surface area contributed by atoms with Gasteiger partial charge in [-0.1, -0.05) is 23.2 Å². The molecule has 1 atom stereocenters. The van der Waals surface area contributed by atoms with Crippen molar-refractivity contribution in [3.63, 3.8) is 0 Å². The molecule has 0 bridgehead atoms. The molecule has 1 aromatic carbocycles. The van der Waals surface area contributed by atoms with Gasteiger partial charge in [-0.15, -0.1) is 0 Å². The number of hydrogen-bond acceptors (Lipinski definition) is 5. The fourth-order valence-electron chi connectivity index (χ4n) is 3.15. The maximum absolute atomic E-state index is 9.00. The van der Waals surface area contributed by atoms with Crippen LogP contribution in [0.5, 0.6) is 5.75 Å². The van der Waals surface area contributed by atoms with Crippen LogP contribution in [-0.2, 0) is 6.54 Å². The number of hydrogen-bond donors (Lipinski definition) is 2. The van der Waals surface area contributed by atoms with Crippen LogP contribution in [0.3, 0.4) is 0 Å². The Morgan fingerprint density at radius 2 is 2.00 bits per heavy atom. The van der Waals surface area contributed by atoms with E-state index in [1.54, 1.807) is 23.3 Å². The third kappa shape index (κ3) is 4.33. The Balaban J connectivity index is 1.57. The minimum absolute atomic E-state index is 0.0476. The normalized spacial score (nSPS) is 12.7. The highest BCUT2D eigenvalue weighted by molar-refractivity contribution is 6.35. The number of ether oxygens (including phenoxy) is 1. The zero-order chi connectivity index (χ0) is 21.1. The molecule has 0 radical (unpaired) electrons. The molecule has 2 N–H and O–H groups in total. The van der Waals surface area contributed by atoms with Gasteiger partial charge in [-0.25, -0.2) is 0 Å². The van der Waals surface area contributed by atoms with Gasteiger partial charge in [-0.3, -0.25) is 14.8 Å². The molecule has 3 heterocycles. The summed E-state index contributed by atoms with van der Waals surface area (Å²) in [5.74, 6) is 0.672. The number of nitrogens with one attached hydrogen (secondary N) is 1. The summed E-state index contributed by atoms with van der Waals surface area (Å²) in [7, 11) is 0. The van der Waals surface area contributed by atoms with Crippen molar-refractivity contribution in [3.05, 3.63) is 69.9 Å². The third-order valence-electron chi connectivity index (χ3n) is 4.59. The molecule has 7 nitrogen and oxygen atoms in total. The van der Waals surface area contributed by atoms with Gasteiger partial charge in [-0.2, -0.15) is 10.2 Å². The number of aliphatic hydroxyl groups is 1. The minimum atomic E-state index is -0.353. The number of aromatic amines is 1. The van der Waals surface area contributed by atoms with Gasteiger partial charge in [-0.05, 0) is 37.3 Å². The van der Waals surface area contributed by atoms with Gasteiger partial charge in [0.15, 0.2) is 0 Å². The number of aromatic nitrogens is 5. The van der Waals surface area contributed by atoms with E-state index in [1.807, 2.05) is 43.5 Å². The van der Waals surface area contributed by atoms with E-state index in [-0.39, 0.29) is 12.7 Å². The third-order valence-corrected chi connectivity index (χ3v) is 5.19. The van der Waals surface area contributed by atoms with E-state index in [2.05, 4.69) is 20.3 Å². The molecule has 154 valence electrons. The number of rotatable bonds is 7. The van der Waals surface area contributed by atoms with Crippen LogP contribution in [0, 0.1) is 0 Å². The molecule has 0 fully saturated rings. The van der Waals surface area contributed by atoms with Crippen molar-refractivity contribution in [2.75, 3.05) is 6.61 Å². The Bertz CT molecular complexity index is 1180. The molecule has 0 aliphatic carbocycles. The monoisotopic (exact) mass is 443 g/mol. The fraction of sp³-hybridized carbons (Fsp3) is 0.190. The molecule has 0 aliphatic rings. The van der Waals surface area contributed by atoms with Crippen LogP contribution in [-0.4, -0.2) is 36.7 Å². The minimum Gasteiger partial charge on any atom is -0.486 e. The largest absolute Gasteiger partial charge is 0.486 e. The van der Waals surface area contributed by atoms with Crippen molar-refractivity contribution in [3.8, 4) is 5.75 Å². The fourth-order valence-corrected chi connectivity index (χ4v) is 3.82. The van der Waals surface area contributed by atoms with Crippen LogP contribution in [0.2, 0.25) is 10.0 Å². The maximum Gasteiger partial charge on any atom is 0.124 e. The highest BCUT2D eigenvalue weighted by Gasteiger charge is 2.16. The van der Waals surface area contributed by atoms with Gasteiger partial charge >= 0.3 is 0 Å². The highest BCUT2D eigenvalue weighted by Crippen LogP contribution is 2.33. The van der Waals surface area contributed by atoms with Gasteiger partial charge in [0, 0.05) is 35.1 Å². The highest BCUT2D eigenvalue weighted by atomic mass is 35.5. The summed E-state index contributed by atoms with van der Waals surface area (Å²) in [6.45, 7) is 2.40. The molecule has 0 unspecified atom stereocenters. The average molecular weight is 444 g/mol. The first-order valence-corrected chi connectivity index (χ1v) is 10.1. The van der Waals surface area contributed by atoms with Crippen LogP contribution in [0.4, 0.5) is 0 Å². The lowest BCUT2D eigenvalue weighted by Crippen LogP contribution is -2.05. The summed E-state index contributed by atoms with van der Waals surface area (Å²) in [4.78, 5) is 3.98. The Kier molecular flexibility index (Phi) is 6.03. The summed E-state index contributed by atoms with van der Waals surface area (Å²) in [6, 6.07) is 5.70. The number of nitrogens with zero attached hydrogens (tertiary/aromatic N) is 4. The van der Waals surface area contributed by atoms with Gasteiger partial charge in [0.2, 0.25) is 0 Å². The van der Waals surface area contributed by atoms with Crippen molar-refractivity contribution in [1.82, 2.24) is 25.0 Å². The lowest BCUT2D eigenvalue weighted by Gasteiger charge is -2.17. The van der Waals surface area contributed by atoms with Crippen LogP contribution in [0.1, 0.15) is 29.8 Å². The number of fused-ring (bicyclic) bond motifs is 1. The van der Waals surface area contributed by atoms with E-state index < -0.39 is 0 Å². The standard InChI is InChI=1S/C21H19Cl2N5O2/c1-13(21-17(22)10-24-11-18(21)23)30-15-3-5-20-16(8-15)19(26-27-20)4-2-14-9-25-28(12-14)6-7-29/h2-5,8-13,29H,6-7H2,1H3,(H,26,27)/b4-2+/t13-/m1/s1. The Labute approximate surface area is 182 Å². The first-order valence-electron chi connectivity index (χ1n) is 9.30. The second kappa shape index (κ2) is 8.87. The zero-order valence-corrected chi connectivity index (χ0v) is 17.6. The molecule has 3 aromatic heterocycles. The first kappa shape index (κ1) is 20.4. The molecule has 0 aliphatic heterocycles. The predicted octanol–water partition coefficient (Wildman–Crippen LogP) is 4.76. The van der Waals surface area contributed by atoms with Crippen molar-refractivity contribution in [2.24, 2.45) is 0 Å². The van der Waals surface area contributed by atoms with Crippen LogP contribution < -0.4 is 4.74 Å². The first-order chi connectivity index (χ1) is 14.5. The van der Waals surface area contributed by atoms with Crippen molar-refractivity contribution >= 4 is 46.3 Å². The van der Waals surface area contributed by atoms with Crippen molar-refractivity contribution in [2.45, 2.75) is 19.6 Å². The molecular formula is C21H19Cl2N5O2. The van der Waals surface area contributed by atoms with Crippen LogP contribution >= 0.6 is 23.2 Å². The molecule has 4 rings (SSSR count). The quantitative estimate of drug-likeness (QED) is 0.429. The Hall–Kier alpha value is -2.87. The lowest BCUT2D eigenvalue weighted by molar-refractivity contribution is 0.227. The van der Waals surface area contributed by atoms with Crippen LogP contribution in [0.15, 0.2) is 43.0 Å². The molecule has 30 heavy (non-hydrogen) atoms. The average Bonchev–Trinajstić information content (AvgIpc) is 3.33. The van der Waals surface area contributed by atoms with E-state index >= 15 is 0 Å². The Morgan fingerprint density at radius 1 is 1.20 bits per heavy atom. The van der Waals surface area contributed by atoms with Gasteiger partial charge in [0.25, 0.3) is 0 Å². The van der Waals surface area contributed by atoms with E-state index in [4.69, 9.17) is 33.0 Å². The second-order valence-corrected chi connectivity index (χ2v) is 7.50. The molecule has 0 saturated heterocycles. The van der Waals surface area contributed by atoms with Crippen molar-refractivity contribution < 1.29 is 9.84 Å². The number of aliphatic hydroxyl groups excluding tert-OH is 1. The van der Waals surface area contributed by atoms with Crippen molar-refractivity contribution in [1.29, 1.82) is 0 Å². The molecule has 0 spiro atoms. The van der Waals surface area contributed by atoms with Gasteiger partial charge in [0.05, 0.1) is 40.6 Å². The predicted molar refractivity (Wildman–Crippen MR) is 118 cm³/mol. The van der Waals surface area contributed by atoms with Gasteiger partial charge < -0.3 is 9.84 Å².